The monoisotopic (exact) mass is 374 g/mol. The van der Waals surface area contributed by atoms with E-state index in [-0.39, 0.29) is 30.2 Å². The van der Waals surface area contributed by atoms with Crippen molar-refractivity contribution in [2.24, 2.45) is 34.4 Å². The van der Waals surface area contributed by atoms with Crippen LogP contribution in [0.5, 0.6) is 0 Å². The smallest absolute Gasteiger partial charge is 0.0836 e. The van der Waals surface area contributed by atoms with E-state index in [1.165, 1.54) is 5.56 Å². The van der Waals surface area contributed by atoms with E-state index in [2.05, 4.69) is 30.9 Å². The van der Waals surface area contributed by atoms with Gasteiger partial charge in [-0.05, 0) is 43.4 Å². The van der Waals surface area contributed by atoms with Crippen LogP contribution in [0.1, 0.15) is 50.7 Å². The highest BCUT2D eigenvalue weighted by Crippen LogP contribution is 2.10. The first-order chi connectivity index (χ1) is 12.8. The van der Waals surface area contributed by atoms with Gasteiger partial charge < -0.3 is 34.4 Å². The summed E-state index contributed by atoms with van der Waals surface area (Å²) in [6.07, 6.45) is 4.36. The Morgan fingerprint density at radius 1 is 0.778 bits per heavy atom. The van der Waals surface area contributed by atoms with Crippen molar-refractivity contribution in [3.63, 3.8) is 0 Å². The van der Waals surface area contributed by atoms with E-state index >= 15 is 0 Å². The largest absolute Gasteiger partial charge is 0.326 e. The molecule has 1 rings (SSSR count). The fourth-order valence-corrected chi connectivity index (χ4v) is 2.93. The maximum absolute atomic E-state index is 6.21. The summed E-state index contributed by atoms with van der Waals surface area (Å²) < 4.78 is 0. The summed E-state index contributed by atoms with van der Waals surface area (Å²) in [6, 6.07) is 6.84. The third-order valence-electron chi connectivity index (χ3n) is 5.09. The molecule has 0 aromatic heterocycles. The second kappa shape index (κ2) is 12.1. The fourth-order valence-electron chi connectivity index (χ4n) is 2.93. The van der Waals surface area contributed by atoms with Crippen molar-refractivity contribution >= 4 is 0 Å². The van der Waals surface area contributed by atoms with E-state index in [9.17, 15) is 0 Å². The van der Waals surface area contributed by atoms with Crippen LogP contribution in [0.3, 0.4) is 0 Å². The highest BCUT2D eigenvalue weighted by molar-refractivity contribution is 5.37. The average Bonchev–Trinajstić information content (AvgIpc) is 2.69. The van der Waals surface area contributed by atoms with Gasteiger partial charge in [0.2, 0.25) is 0 Å². The summed E-state index contributed by atoms with van der Waals surface area (Å²) in [5.41, 5.74) is 38.5. The molecule has 0 spiro atoms. The Kier molecular flexibility index (Phi) is 10.6. The molecule has 0 aliphatic heterocycles. The minimum atomic E-state index is -0.438. The van der Waals surface area contributed by atoms with Crippen LogP contribution in [0.15, 0.2) is 24.3 Å². The van der Waals surface area contributed by atoms with Crippen LogP contribution in [-0.4, -0.2) is 36.3 Å². The zero-order valence-corrected chi connectivity index (χ0v) is 16.8. The summed E-state index contributed by atoms with van der Waals surface area (Å²) in [4.78, 5) is 0. The predicted octanol–water partition coefficient (Wildman–Crippen LogP) is 0.145. The van der Waals surface area contributed by atoms with E-state index < -0.39 is 6.04 Å². The normalized spacial score (nSPS) is 17.9. The van der Waals surface area contributed by atoms with Gasteiger partial charge in [0.15, 0.2) is 0 Å². The van der Waals surface area contributed by atoms with Crippen LogP contribution < -0.4 is 34.4 Å². The van der Waals surface area contributed by atoms with E-state index in [0.29, 0.717) is 0 Å². The SMILES string of the molecule is CCCC(N)C(N)C(N)CCc1ccc(C#CC(N)C(N)C(N)CC)cc1. The molecule has 6 unspecified atom stereocenters. The molecule has 6 nitrogen and oxygen atoms in total. The van der Waals surface area contributed by atoms with Gasteiger partial charge in [-0.1, -0.05) is 44.2 Å². The lowest BCUT2D eigenvalue weighted by atomic mass is 9.93. The zero-order valence-electron chi connectivity index (χ0n) is 16.8. The molecule has 0 saturated heterocycles. The molecule has 6 atom stereocenters. The predicted molar refractivity (Wildman–Crippen MR) is 115 cm³/mol. The molecule has 1 aromatic carbocycles. The highest BCUT2D eigenvalue weighted by Gasteiger charge is 2.20. The van der Waals surface area contributed by atoms with Crippen molar-refractivity contribution in [1.82, 2.24) is 0 Å². The van der Waals surface area contributed by atoms with E-state index in [4.69, 9.17) is 34.4 Å². The molecule has 6 heteroatoms. The highest BCUT2D eigenvalue weighted by atomic mass is 14.9. The van der Waals surface area contributed by atoms with E-state index in [0.717, 1.165) is 37.7 Å². The average molecular weight is 375 g/mol. The fraction of sp³-hybridized carbons (Fsp3) is 0.619. The Bertz CT molecular complexity index is 591. The molecule has 0 fully saturated rings. The topological polar surface area (TPSA) is 156 Å². The molecular weight excluding hydrogens is 336 g/mol. The quantitative estimate of drug-likeness (QED) is 0.320. The van der Waals surface area contributed by atoms with E-state index in [1.54, 1.807) is 0 Å². The molecule has 12 N–H and O–H groups in total. The van der Waals surface area contributed by atoms with Crippen LogP contribution in [0.4, 0.5) is 0 Å². The van der Waals surface area contributed by atoms with Crippen molar-refractivity contribution < 1.29 is 0 Å². The van der Waals surface area contributed by atoms with Crippen LogP contribution >= 0.6 is 0 Å². The standard InChI is InChI=1S/C21H38N6/c1-3-5-17(23)21(27)19(25)13-11-15-8-6-14(7-9-15)10-12-18(24)20(26)16(22)4-2/h6-9,16-21H,3-5,11,13,22-27H2,1-2H3. The Balaban J connectivity index is 2.56. The van der Waals surface area contributed by atoms with Crippen LogP contribution in [0.25, 0.3) is 0 Å². The molecular formula is C21H38N6. The molecule has 0 amide bonds. The van der Waals surface area contributed by atoms with Gasteiger partial charge in [-0.25, -0.2) is 0 Å². The molecule has 0 radical (unpaired) electrons. The minimum Gasteiger partial charge on any atom is -0.326 e. The first-order valence-corrected chi connectivity index (χ1v) is 9.94. The number of hydrogen-bond donors (Lipinski definition) is 6. The second-order valence-electron chi connectivity index (χ2n) is 7.37. The van der Waals surface area contributed by atoms with Gasteiger partial charge in [-0.3, -0.25) is 0 Å². The number of rotatable bonds is 10. The summed E-state index contributed by atoms with van der Waals surface area (Å²) in [7, 11) is 0. The summed E-state index contributed by atoms with van der Waals surface area (Å²) >= 11 is 0. The van der Waals surface area contributed by atoms with Crippen LogP contribution in [0, 0.1) is 11.8 Å². The van der Waals surface area contributed by atoms with Gasteiger partial charge >= 0.3 is 0 Å². The van der Waals surface area contributed by atoms with Gasteiger partial charge in [0.1, 0.15) is 0 Å². The lowest BCUT2D eigenvalue weighted by Crippen LogP contribution is -2.53. The lowest BCUT2D eigenvalue weighted by molar-refractivity contribution is 0.406. The van der Waals surface area contributed by atoms with Gasteiger partial charge in [0, 0.05) is 35.8 Å². The van der Waals surface area contributed by atoms with E-state index in [1.807, 2.05) is 19.1 Å². The van der Waals surface area contributed by atoms with Crippen molar-refractivity contribution in [3.8, 4) is 11.8 Å². The maximum atomic E-state index is 6.21. The first-order valence-electron chi connectivity index (χ1n) is 9.94. The summed E-state index contributed by atoms with van der Waals surface area (Å²) in [5.74, 6) is 6.07. The minimum absolute atomic E-state index is 0.0425. The molecule has 0 saturated carbocycles. The maximum Gasteiger partial charge on any atom is 0.0836 e. The first kappa shape index (κ1) is 23.6. The third-order valence-corrected chi connectivity index (χ3v) is 5.09. The van der Waals surface area contributed by atoms with Crippen molar-refractivity contribution in [2.45, 2.75) is 82.2 Å². The molecule has 0 heterocycles. The molecule has 27 heavy (non-hydrogen) atoms. The van der Waals surface area contributed by atoms with Gasteiger partial charge in [-0.15, -0.1) is 0 Å². The number of nitrogens with two attached hydrogens (primary N) is 6. The molecule has 1 aromatic rings. The Morgan fingerprint density at radius 2 is 1.37 bits per heavy atom. The Hall–Kier alpha value is -1.46. The summed E-state index contributed by atoms with van der Waals surface area (Å²) in [6.45, 7) is 4.08. The molecule has 0 aliphatic carbocycles. The molecule has 152 valence electrons. The molecule has 0 aliphatic rings. The number of aryl methyl sites for hydroxylation is 1. The van der Waals surface area contributed by atoms with Crippen LogP contribution in [0.2, 0.25) is 0 Å². The van der Waals surface area contributed by atoms with Crippen LogP contribution in [-0.2, 0) is 6.42 Å². The van der Waals surface area contributed by atoms with Crippen molar-refractivity contribution in [2.75, 3.05) is 0 Å². The van der Waals surface area contributed by atoms with Gasteiger partial charge in [0.05, 0.1) is 6.04 Å². The second-order valence-corrected chi connectivity index (χ2v) is 7.37. The Labute approximate surface area is 164 Å². The number of hydrogen-bond acceptors (Lipinski definition) is 6. The molecule has 0 bridgehead atoms. The van der Waals surface area contributed by atoms with Crippen molar-refractivity contribution in [3.05, 3.63) is 35.4 Å². The summed E-state index contributed by atoms with van der Waals surface area (Å²) in [5, 5.41) is 0. The Morgan fingerprint density at radius 3 is 1.93 bits per heavy atom. The van der Waals surface area contributed by atoms with Crippen molar-refractivity contribution in [1.29, 1.82) is 0 Å². The zero-order chi connectivity index (χ0) is 20.4. The number of benzene rings is 1. The van der Waals surface area contributed by atoms with Gasteiger partial charge in [-0.2, -0.15) is 0 Å². The lowest BCUT2D eigenvalue weighted by Gasteiger charge is -2.25. The third kappa shape index (κ3) is 7.97. The van der Waals surface area contributed by atoms with Gasteiger partial charge in [0.25, 0.3) is 0 Å².